The number of nitriles is 1. The van der Waals surface area contributed by atoms with E-state index < -0.39 is 11.8 Å². The summed E-state index contributed by atoms with van der Waals surface area (Å²) in [7, 11) is 1.48. The van der Waals surface area contributed by atoms with Crippen molar-refractivity contribution in [1.29, 1.82) is 5.26 Å². The van der Waals surface area contributed by atoms with Crippen LogP contribution in [0.1, 0.15) is 22.7 Å². The normalized spacial score (nSPS) is 14.8. The number of halogens is 1. The largest absolute Gasteiger partial charge is 0.493 e. The van der Waals surface area contributed by atoms with Crippen molar-refractivity contribution < 1.29 is 19.0 Å². The van der Waals surface area contributed by atoms with Crippen LogP contribution < -0.4 is 25.7 Å². The van der Waals surface area contributed by atoms with Crippen molar-refractivity contribution in [3.63, 3.8) is 0 Å². The number of carbonyl (C=O) groups excluding carboxylic acids is 1. The fraction of sp³-hybridized carbons (Fsp3) is 0.174. The van der Waals surface area contributed by atoms with E-state index in [0.717, 1.165) is 0 Å². The number of nitrogens with zero attached hydrogens (tertiary/aromatic N) is 3. The lowest BCUT2D eigenvalue weighted by Crippen LogP contribution is -2.22. The number of rotatable bonds is 6. The maximum atomic E-state index is 11.1. The molecule has 1 aromatic heterocycles. The molecule has 10 heteroatoms. The molecule has 1 atom stereocenters. The second-order valence-corrected chi connectivity index (χ2v) is 7.72. The maximum absolute atomic E-state index is 11.1. The van der Waals surface area contributed by atoms with Gasteiger partial charge in [-0.2, -0.15) is 10.4 Å². The fourth-order valence-corrected chi connectivity index (χ4v) is 3.95. The molecule has 1 amide bonds. The third-order valence-electron chi connectivity index (χ3n) is 5.18. The van der Waals surface area contributed by atoms with Gasteiger partial charge in [0.25, 0.3) is 5.91 Å². The standard InChI is InChI=1S/C23H20ClN5O4/c1-12-20-21(13-6-7-17(18(8-13)31-2)32-11-19(26)30)16(10-25)22(27)33-23(20)29(28-12)15-5-3-4-14(24)9-15/h3-9,21H,11,27H2,1-2H3,(H2,26,30)/t21-/m0/s1. The summed E-state index contributed by atoms with van der Waals surface area (Å²) in [4.78, 5) is 11.1. The van der Waals surface area contributed by atoms with Crippen molar-refractivity contribution in [3.05, 3.63) is 75.8 Å². The molecule has 4 N–H and O–H groups in total. The maximum Gasteiger partial charge on any atom is 0.255 e. The summed E-state index contributed by atoms with van der Waals surface area (Å²) in [5.74, 6) is -0.0883. The van der Waals surface area contributed by atoms with Crippen molar-refractivity contribution in [2.45, 2.75) is 12.8 Å². The van der Waals surface area contributed by atoms with Gasteiger partial charge in [0, 0.05) is 5.02 Å². The van der Waals surface area contributed by atoms with E-state index in [1.165, 1.54) is 7.11 Å². The predicted octanol–water partition coefficient (Wildman–Crippen LogP) is 2.93. The van der Waals surface area contributed by atoms with Gasteiger partial charge in [-0.15, -0.1) is 0 Å². The van der Waals surface area contributed by atoms with E-state index in [4.69, 9.17) is 37.3 Å². The first kappa shape index (κ1) is 22.0. The number of amides is 1. The minimum Gasteiger partial charge on any atom is -0.493 e. The Morgan fingerprint density at radius 3 is 2.76 bits per heavy atom. The number of carbonyl (C=O) groups is 1. The van der Waals surface area contributed by atoms with Gasteiger partial charge in [-0.25, -0.2) is 4.68 Å². The number of primary amides is 1. The molecule has 168 valence electrons. The van der Waals surface area contributed by atoms with Crippen molar-refractivity contribution in [3.8, 4) is 29.1 Å². The number of ether oxygens (including phenoxy) is 3. The lowest BCUT2D eigenvalue weighted by atomic mass is 9.84. The molecule has 0 spiro atoms. The van der Waals surface area contributed by atoms with Crippen molar-refractivity contribution in [2.24, 2.45) is 11.5 Å². The number of nitrogens with two attached hydrogens (primary N) is 2. The predicted molar refractivity (Wildman–Crippen MR) is 120 cm³/mol. The first-order valence-electron chi connectivity index (χ1n) is 9.86. The van der Waals surface area contributed by atoms with Crippen LogP contribution in [0.5, 0.6) is 17.4 Å². The van der Waals surface area contributed by atoms with Crippen LogP contribution in [-0.4, -0.2) is 29.4 Å². The number of aryl methyl sites for hydroxylation is 1. The van der Waals surface area contributed by atoms with Crippen LogP contribution in [0.25, 0.3) is 5.69 Å². The van der Waals surface area contributed by atoms with E-state index in [2.05, 4.69) is 11.2 Å². The lowest BCUT2D eigenvalue weighted by Gasteiger charge is -2.25. The number of methoxy groups -OCH3 is 1. The Hall–Kier alpha value is -4.16. The number of hydrogen-bond donors (Lipinski definition) is 2. The van der Waals surface area contributed by atoms with Crippen LogP contribution in [0.2, 0.25) is 5.02 Å². The molecule has 2 heterocycles. The Morgan fingerprint density at radius 1 is 1.30 bits per heavy atom. The molecule has 0 fully saturated rings. The second-order valence-electron chi connectivity index (χ2n) is 7.29. The molecular formula is C23H20ClN5O4. The van der Waals surface area contributed by atoms with E-state index in [9.17, 15) is 10.1 Å². The topological polar surface area (TPSA) is 138 Å². The zero-order valence-electron chi connectivity index (χ0n) is 17.8. The van der Waals surface area contributed by atoms with Crippen LogP contribution in [0.4, 0.5) is 0 Å². The minimum absolute atomic E-state index is 0.0220. The highest BCUT2D eigenvalue weighted by Crippen LogP contribution is 2.46. The molecule has 0 saturated heterocycles. The van der Waals surface area contributed by atoms with Crippen LogP contribution in [0, 0.1) is 18.3 Å². The van der Waals surface area contributed by atoms with Gasteiger partial charge in [-0.3, -0.25) is 4.79 Å². The first-order valence-corrected chi connectivity index (χ1v) is 10.2. The average Bonchev–Trinajstić information content (AvgIpc) is 3.12. The smallest absolute Gasteiger partial charge is 0.255 e. The number of allylic oxidation sites excluding steroid dienone is 1. The van der Waals surface area contributed by atoms with Gasteiger partial charge in [0.05, 0.1) is 30.0 Å². The molecule has 0 aliphatic carbocycles. The van der Waals surface area contributed by atoms with Crippen LogP contribution in [-0.2, 0) is 4.79 Å². The number of fused-ring (bicyclic) bond motifs is 1. The molecular weight excluding hydrogens is 446 g/mol. The van der Waals surface area contributed by atoms with Crippen molar-refractivity contribution >= 4 is 17.5 Å². The third kappa shape index (κ3) is 4.04. The molecule has 0 radical (unpaired) electrons. The zero-order chi connectivity index (χ0) is 23.7. The van der Waals surface area contributed by atoms with E-state index >= 15 is 0 Å². The summed E-state index contributed by atoms with van der Waals surface area (Å²) in [6, 6.07) is 14.4. The Kier molecular flexibility index (Phi) is 5.85. The van der Waals surface area contributed by atoms with E-state index in [1.807, 2.05) is 13.0 Å². The number of benzene rings is 2. The zero-order valence-corrected chi connectivity index (χ0v) is 18.6. The van der Waals surface area contributed by atoms with E-state index in [1.54, 1.807) is 41.1 Å². The molecule has 1 aliphatic heterocycles. The third-order valence-corrected chi connectivity index (χ3v) is 5.41. The highest BCUT2D eigenvalue weighted by Gasteiger charge is 2.36. The van der Waals surface area contributed by atoms with Crippen molar-refractivity contribution in [2.75, 3.05) is 13.7 Å². The monoisotopic (exact) mass is 465 g/mol. The average molecular weight is 466 g/mol. The number of aromatic nitrogens is 2. The van der Waals surface area contributed by atoms with Crippen LogP contribution >= 0.6 is 11.6 Å². The Labute approximate surface area is 194 Å². The van der Waals surface area contributed by atoms with Gasteiger partial charge in [-0.05, 0) is 42.8 Å². The van der Waals surface area contributed by atoms with Gasteiger partial charge in [-0.1, -0.05) is 23.7 Å². The van der Waals surface area contributed by atoms with Gasteiger partial charge in [0.2, 0.25) is 11.8 Å². The Bertz CT molecular complexity index is 1320. The van der Waals surface area contributed by atoms with Crippen molar-refractivity contribution in [1.82, 2.24) is 9.78 Å². The lowest BCUT2D eigenvalue weighted by molar-refractivity contribution is -0.119. The van der Waals surface area contributed by atoms with Gasteiger partial charge in [0.1, 0.15) is 11.6 Å². The van der Waals surface area contributed by atoms with Gasteiger partial charge < -0.3 is 25.7 Å². The summed E-state index contributed by atoms with van der Waals surface area (Å²) in [5.41, 5.74) is 14.3. The Balaban J connectivity index is 1.86. The second kappa shape index (κ2) is 8.76. The SMILES string of the molecule is COc1cc([C@H]2C(C#N)=C(N)Oc3c2c(C)nn3-c2cccc(Cl)c2)ccc1OCC(N)=O. The summed E-state index contributed by atoms with van der Waals surface area (Å²) >= 11 is 6.16. The number of hydrogen-bond acceptors (Lipinski definition) is 7. The highest BCUT2D eigenvalue weighted by molar-refractivity contribution is 6.30. The molecule has 0 unspecified atom stereocenters. The quantitative estimate of drug-likeness (QED) is 0.570. The highest BCUT2D eigenvalue weighted by atomic mass is 35.5. The summed E-state index contributed by atoms with van der Waals surface area (Å²) in [6.45, 7) is 1.53. The molecule has 33 heavy (non-hydrogen) atoms. The first-order chi connectivity index (χ1) is 15.8. The van der Waals surface area contributed by atoms with Crippen LogP contribution in [0.3, 0.4) is 0 Å². The molecule has 1 aliphatic rings. The molecule has 2 aromatic carbocycles. The van der Waals surface area contributed by atoms with E-state index in [-0.39, 0.29) is 18.1 Å². The van der Waals surface area contributed by atoms with Gasteiger partial charge in [0.15, 0.2) is 18.1 Å². The molecule has 4 rings (SSSR count). The summed E-state index contributed by atoms with van der Waals surface area (Å²) in [5, 5.41) is 15.0. The van der Waals surface area contributed by atoms with Gasteiger partial charge >= 0.3 is 0 Å². The minimum atomic E-state index is -0.610. The van der Waals surface area contributed by atoms with E-state index in [0.29, 0.717) is 44.9 Å². The van der Waals surface area contributed by atoms with Crippen LogP contribution in [0.15, 0.2) is 53.9 Å². The molecule has 0 saturated carbocycles. The fourth-order valence-electron chi connectivity index (χ4n) is 3.76. The summed E-state index contributed by atoms with van der Waals surface area (Å²) in [6.07, 6.45) is 0. The summed E-state index contributed by atoms with van der Waals surface area (Å²) < 4.78 is 18.3. The Morgan fingerprint density at radius 2 is 2.09 bits per heavy atom. The molecule has 9 nitrogen and oxygen atoms in total. The molecule has 3 aromatic rings. The molecule has 0 bridgehead atoms.